The van der Waals surface area contributed by atoms with Gasteiger partial charge in [0.25, 0.3) is 0 Å². The van der Waals surface area contributed by atoms with Crippen LogP contribution < -0.4 is 16.0 Å². The van der Waals surface area contributed by atoms with Crippen molar-refractivity contribution in [2.75, 3.05) is 0 Å². The van der Waals surface area contributed by atoms with Crippen LogP contribution in [0.1, 0.15) is 93.7 Å². The third kappa shape index (κ3) is 12.4. The van der Waals surface area contributed by atoms with E-state index < -0.39 is 24.1 Å². The first-order chi connectivity index (χ1) is 17.6. The number of amides is 3. The van der Waals surface area contributed by atoms with Crippen molar-refractivity contribution in [3.05, 3.63) is 30.1 Å². The standard InChI is InChI=1S/C30H52N4O4/c1-10-21(6)27(29(38)32-18-22-13-11-12-14-31-22)34-28(37)23(20(4)5)16-25(35)24(15-19(2)3)33-26(36)17-30(7,8)9/h11-14,19-21,23-25,27,35H,10,15-18H2,1-9H3,(H,32,38)(H,33,36)(H,34,37)/t21-,23-,24-,25-,27-/m0/s1. The minimum Gasteiger partial charge on any atom is -0.391 e. The van der Waals surface area contributed by atoms with Crippen molar-refractivity contribution in [1.29, 1.82) is 0 Å². The summed E-state index contributed by atoms with van der Waals surface area (Å²) < 4.78 is 0. The second-order valence-corrected chi connectivity index (χ2v) is 12.6. The van der Waals surface area contributed by atoms with Gasteiger partial charge in [-0.2, -0.15) is 0 Å². The quantitative estimate of drug-likeness (QED) is 0.270. The Bertz CT molecular complexity index is 867. The Morgan fingerprint density at radius 3 is 2.13 bits per heavy atom. The number of hydrogen-bond acceptors (Lipinski definition) is 5. The molecule has 0 aromatic carbocycles. The normalized spacial score (nSPS) is 15.9. The minimum absolute atomic E-state index is 0.0659. The van der Waals surface area contributed by atoms with Gasteiger partial charge >= 0.3 is 0 Å². The molecule has 0 aliphatic heterocycles. The molecule has 4 N–H and O–H groups in total. The second-order valence-electron chi connectivity index (χ2n) is 12.6. The Kier molecular flexibility index (Phi) is 14.0. The molecule has 216 valence electrons. The molecule has 0 fully saturated rings. The highest BCUT2D eigenvalue weighted by Gasteiger charge is 2.34. The van der Waals surface area contributed by atoms with Gasteiger partial charge in [0.1, 0.15) is 6.04 Å². The van der Waals surface area contributed by atoms with Crippen LogP contribution in [-0.4, -0.2) is 46.0 Å². The molecule has 0 unspecified atom stereocenters. The van der Waals surface area contributed by atoms with Gasteiger partial charge in [0.2, 0.25) is 17.7 Å². The van der Waals surface area contributed by atoms with Gasteiger partial charge in [-0.15, -0.1) is 0 Å². The summed E-state index contributed by atoms with van der Waals surface area (Å²) in [5, 5.41) is 20.1. The second kappa shape index (κ2) is 15.8. The highest BCUT2D eigenvalue weighted by Crippen LogP contribution is 2.24. The maximum atomic E-state index is 13.5. The molecular formula is C30H52N4O4. The molecule has 5 atom stereocenters. The average molecular weight is 533 g/mol. The third-order valence-corrected chi connectivity index (χ3v) is 6.83. The Hall–Kier alpha value is -2.48. The SMILES string of the molecule is CC[C@H](C)[C@H](NC(=O)[C@@H](C[C@H](O)[C@H](CC(C)C)NC(=O)CC(C)(C)C)C(C)C)C(=O)NCc1ccccn1. The van der Waals surface area contributed by atoms with Crippen LogP contribution in [0, 0.1) is 29.1 Å². The Morgan fingerprint density at radius 1 is 0.974 bits per heavy atom. The van der Waals surface area contributed by atoms with Crippen molar-refractivity contribution in [1.82, 2.24) is 20.9 Å². The van der Waals surface area contributed by atoms with Gasteiger partial charge in [-0.25, -0.2) is 0 Å². The lowest BCUT2D eigenvalue weighted by atomic mass is 9.84. The van der Waals surface area contributed by atoms with Crippen LogP contribution in [0.2, 0.25) is 0 Å². The van der Waals surface area contributed by atoms with Gasteiger partial charge in [0.05, 0.1) is 24.4 Å². The van der Waals surface area contributed by atoms with Gasteiger partial charge in [-0.1, -0.05) is 74.8 Å². The molecule has 0 aliphatic rings. The van der Waals surface area contributed by atoms with E-state index in [1.165, 1.54) is 0 Å². The lowest BCUT2D eigenvalue weighted by Gasteiger charge is -2.32. The molecule has 3 amide bonds. The Morgan fingerprint density at radius 2 is 1.63 bits per heavy atom. The van der Waals surface area contributed by atoms with Crippen LogP contribution in [0.3, 0.4) is 0 Å². The molecule has 8 heteroatoms. The molecule has 8 nitrogen and oxygen atoms in total. The van der Waals surface area contributed by atoms with Gasteiger partial charge in [0, 0.05) is 18.5 Å². The number of hydrogen-bond donors (Lipinski definition) is 4. The average Bonchev–Trinajstić information content (AvgIpc) is 2.82. The highest BCUT2D eigenvalue weighted by atomic mass is 16.3. The van der Waals surface area contributed by atoms with Crippen molar-refractivity contribution in [3.63, 3.8) is 0 Å². The van der Waals surface area contributed by atoms with E-state index in [1.54, 1.807) is 6.20 Å². The number of carbonyl (C=O) groups excluding carboxylic acids is 3. The fourth-order valence-corrected chi connectivity index (χ4v) is 4.42. The summed E-state index contributed by atoms with van der Waals surface area (Å²) in [4.78, 5) is 43.5. The van der Waals surface area contributed by atoms with E-state index in [4.69, 9.17) is 0 Å². The van der Waals surface area contributed by atoms with Gasteiger partial charge < -0.3 is 21.1 Å². The van der Waals surface area contributed by atoms with E-state index in [0.717, 1.165) is 5.69 Å². The first-order valence-electron chi connectivity index (χ1n) is 14.1. The first kappa shape index (κ1) is 33.5. The Labute approximate surface area is 230 Å². The molecule has 0 saturated carbocycles. The van der Waals surface area contributed by atoms with Crippen molar-refractivity contribution < 1.29 is 19.5 Å². The number of nitrogens with zero attached hydrogens (tertiary/aromatic N) is 1. The molecule has 0 aliphatic carbocycles. The summed E-state index contributed by atoms with van der Waals surface area (Å²) in [6, 6.07) is 4.36. The molecule has 0 bridgehead atoms. The van der Waals surface area contributed by atoms with Crippen LogP contribution in [0.4, 0.5) is 0 Å². The van der Waals surface area contributed by atoms with Gasteiger partial charge in [-0.05, 0) is 48.1 Å². The van der Waals surface area contributed by atoms with E-state index in [2.05, 4.69) is 20.9 Å². The number of aromatic nitrogens is 1. The minimum atomic E-state index is -0.889. The zero-order valence-electron chi connectivity index (χ0n) is 25.0. The van der Waals surface area contributed by atoms with E-state index in [-0.39, 0.29) is 53.9 Å². The van der Waals surface area contributed by atoms with E-state index in [9.17, 15) is 19.5 Å². The predicted octanol–water partition coefficient (Wildman–Crippen LogP) is 4.22. The summed E-state index contributed by atoms with van der Waals surface area (Å²) in [7, 11) is 0. The van der Waals surface area contributed by atoms with Gasteiger partial charge in [0.15, 0.2) is 0 Å². The molecule has 1 heterocycles. The molecule has 38 heavy (non-hydrogen) atoms. The zero-order chi connectivity index (χ0) is 29.0. The molecule has 1 rings (SSSR count). The topological polar surface area (TPSA) is 120 Å². The number of aliphatic hydroxyl groups excluding tert-OH is 1. The molecular weight excluding hydrogens is 480 g/mol. The summed E-state index contributed by atoms with van der Waals surface area (Å²) in [6.07, 6.45) is 2.65. The smallest absolute Gasteiger partial charge is 0.243 e. The van der Waals surface area contributed by atoms with Crippen LogP contribution in [-0.2, 0) is 20.9 Å². The fourth-order valence-electron chi connectivity index (χ4n) is 4.42. The third-order valence-electron chi connectivity index (χ3n) is 6.83. The maximum absolute atomic E-state index is 13.5. The Balaban J connectivity index is 2.97. The van der Waals surface area contributed by atoms with Crippen LogP contribution in [0.25, 0.3) is 0 Å². The van der Waals surface area contributed by atoms with Crippen LogP contribution >= 0.6 is 0 Å². The monoisotopic (exact) mass is 532 g/mol. The largest absolute Gasteiger partial charge is 0.391 e. The fraction of sp³-hybridized carbons (Fsp3) is 0.733. The number of rotatable bonds is 15. The number of pyridine rings is 1. The number of aliphatic hydroxyl groups is 1. The summed E-state index contributed by atoms with van der Waals surface area (Å²) in [6.45, 7) is 18.2. The van der Waals surface area contributed by atoms with Crippen molar-refractivity contribution >= 4 is 17.7 Å². The van der Waals surface area contributed by atoms with E-state index >= 15 is 0 Å². The highest BCUT2D eigenvalue weighted by molar-refractivity contribution is 5.88. The van der Waals surface area contributed by atoms with Crippen LogP contribution in [0.15, 0.2) is 24.4 Å². The van der Waals surface area contributed by atoms with Crippen molar-refractivity contribution in [2.45, 2.75) is 113 Å². The first-order valence-corrected chi connectivity index (χ1v) is 14.1. The number of nitrogens with one attached hydrogen (secondary N) is 3. The van der Waals surface area contributed by atoms with Gasteiger partial charge in [-0.3, -0.25) is 19.4 Å². The van der Waals surface area contributed by atoms with Crippen molar-refractivity contribution in [2.24, 2.45) is 29.1 Å². The van der Waals surface area contributed by atoms with E-state index in [0.29, 0.717) is 19.3 Å². The number of carbonyl (C=O) groups is 3. The summed E-state index contributed by atoms with van der Waals surface area (Å²) >= 11 is 0. The molecule has 1 aromatic rings. The lowest BCUT2D eigenvalue weighted by Crippen LogP contribution is -2.53. The maximum Gasteiger partial charge on any atom is 0.243 e. The molecule has 0 spiro atoms. The summed E-state index contributed by atoms with van der Waals surface area (Å²) in [5.41, 5.74) is 0.572. The van der Waals surface area contributed by atoms with Crippen molar-refractivity contribution in [3.8, 4) is 0 Å². The predicted molar refractivity (Wildman–Crippen MR) is 152 cm³/mol. The van der Waals surface area contributed by atoms with Crippen LogP contribution in [0.5, 0.6) is 0 Å². The molecule has 0 radical (unpaired) electrons. The summed E-state index contributed by atoms with van der Waals surface area (Å²) in [5.74, 6) is -1.03. The van der Waals surface area contributed by atoms with E-state index in [1.807, 2.05) is 80.5 Å². The molecule has 0 saturated heterocycles. The lowest BCUT2D eigenvalue weighted by molar-refractivity contribution is -0.134. The molecule has 1 aromatic heterocycles. The zero-order valence-corrected chi connectivity index (χ0v) is 25.0.